The predicted molar refractivity (Wildman–Crippen MR) is 73.8 cm³/mol. The third kappa shape index (κ3) is 3.50. The SMILES string of the molecule is CC(C)(O)O[C@@H]1C[C@@H](CO)O[C@H]1n1ccnc(C(N)=O)c1=O. The Morgan fingerprint density at radius 3 is 2.86 bits per heavy atom. The van der Waals surface area contributed by atoms with Gasteiger partial charge in [0, 0.05) is 18.8 Å². The maximum absolute atomic E-state index is 12.2. The fourth-order valence-corrected chi connectivity index (χ4v) is 2.35. The van der Waals surface area contributed by atoms with Gasteiger partial charge in [-0.3, -0.25) is 14.2 Å². The quantitative estimate of drug-likeness (QED) is 0.577. The van der Waals surface area contributed by atoms with Crippen LogP contribution in [0.3, 0.4) is 0 Å². The molecular weight excluding hydrogens is 294 g/mol. The fraction of sp³-hybridized carbons (Fsp3) is 0.615. The van der Waals surface area contributed by atoms with Crippen LogP contribution in [0.2, 0.25) is 0 Å². The van der Waals surface area contributed by atoms with Crippen LogP contribution in [0.5, 0.6) is 0 Å². The van der Waals surface area contributed by atoms with Crippen molar-refractivity contribution < 1.29 is 24.5 Å². The zero-order chi connectivity index (χ0) is 16.5. The lowest BCUT2D eigenvalue weighted by Crippen LogP contribution is -2.39. The molecule has 2 heterocycles. The van der Waals surface area contributed by atoms with Gasteiger partial charge in [0.05, 0.1) is 12.7 Å². The molecule has 1 amide bonds. The van der Waals surface area contributed by atoms with E-state index in [2.05, 4.69) is 4.98 Å². The number of aromatic nitrogens is 2. The van der Waals surface area contributed by atoms with Crippen LogP contribution in [-0.2, 0) is 9.47 Å². The number of nitrogens with zero attached hydrogens (tertiary/aromatic N) is 2. The molecule has 9 heteroatoms. The lowest BCUT2D eigenvalue weighted by atomic mass is 10.2. The van der Waals surface area contributed by atoms with Crippen LogP contribution in [0.15, 0.2) is 17.2 Å². The number of carbonyl (C=O) groups excluding carboxylic acids is 1. The molecule has 1 aromatic heterocycles. The van der Waals surface area contributed by atoms with Crippen LogP contribution in [0, 0.1) is 0 Å². The summed E-state index contributed by atoms with van der Waals surface area (Å²) in [6, 6.07) is 0. The van der Waals surface area contributed by atoms with Gasteiger partial charge in [-0.05, 0) is 13.8 Å². The van der Waals surface area contributed by atoms with Crippen molar-refractivity contribution in [3.05, 3.63) is 28.4 Å². The predicted octanol–water partition coefficient (Wildman–Crippen LogP) is -1.26. The van der Waals surface area contributed by atoms with Crippen LogP contribution in [0.1, 0.15) is 37.0 Å². The maximum atomic E-state index is 12.2. The van der Waals surface area contributed by atoms with Gasteiger partial charge in [-0.15, -0.1) is 0 Å². The number of nitrogens with two attached hydrogens (primary N) is 1. The average Bonchev–Trinajstić information content (AvgIpc) is 2.79. The van der Waals surface area contributed by atoms with Gasteiger partial charge in [-0.2, -0.15) is 0 Å². The molecule has 0 saturated carbocycles. The minimum absolute atomic E-state index is 0.259. The normalized spacial score (nSPS) is 25.4. The van der Waals surface area contributed by atoms with Crippen molar-refractivity contribution >= 4 is 5.91 Å². The van der Waals surface area contributed by atoms with Crippen molar-refractivity contribution in [2.24, 2.45) is 5.73 Å². The first-order chi connectivity index (χ1) is 10.2. The number of aliphatic hydroxyl groups is 2. The standard InChI is InChI=1S/C13H19N3O6/c1-13(2,20)22-8-5-7(6-17)21-12(8)16-4-3-15-9(10(14)18)11(16)19/h3-4,7-8,12,17,20H,5-6H2,1-2H3,(H2,14,18)/t7-,8+,12+/m0/s1. The second kappa shape index (κ2) is 6.13. The highest BCUT2D eigenvalue weighted by molar-refractivity contribution is 5.90. The Labute approximate surface area is 126 Å². The largest absolute Gasteiger partial charge is 0.394 e. The van der Waals surface area contributed by atoms with Crippen molar-refractivity contribution in [3.8, 4) is 0 Å². The molecule has 0 radical (unpaired) electrons. The zero-order valence-electron chi connectivity index (χ0n) is 12.3. The highest BCUT2D eigenvalue weighted by Crippen LogP contribution is 2.32. The Morgan fingerprint density at radius 1 is 1.64 bits per heavy atom. The highest BCUT2D eigenvalue weighted by Gasteiger charge is 2.40. The number of aliphatic hydroxyl groups excluding tert-OH is 1. The molecule has 1 aliphatic rings. The van der Waals surface area contributed by atoms with Gasteiger partial charge in [0.2, 0.25) is 0 Å². The Bertz CT molecular complexity index is 609. The summed E-state index contributed by atoms with van der Waals surface area (Å²) >= 11 is 0. The van der Waals surface area contributed by atoms with Crippen LogP contribution >= 0.6 is 0 Å². The van der Waals surface area contributed by atoms with Crippen LogP contribution < -0.4 is 11.3 Å². The summed E-state index contributed by atoms with van der Waals surface area (Å²) in [4.78, 5) is 27.1. The number of primary amides is 1. The van der Waals surface area contributed by atoms with Gasteiger partial charge in [-0.1, -0.05) is 0 Å². The molecule has 1 saturated heterocycles. The van der Waals surface area contributed by atoms with E-state index in [4.69, 9.17) is 15.2 Å². The number of hydrogen-bond donors (Lipinski definition) is 3. The Balaban J connectivity index is 2.38. The molecule has 2 rings (SSSR count). The highest BCUT2D eigenvalue weighted by atomic mass is 16.7. The van der Waals surface area contributed by atoms with Crippen LogP contribution in [-0.4, -0.2) is 50.3 Å². The monoisotopic (exact) mass is 313 g/mol. The van der Waals surface area contributed by atoms with Crippen molar-refractivity contribution in [1.82, 2.24) is 9.55 Å². The molecule has 0 aromatic carbocycles. The summed E-state index contributed by atoms with van der Waals surface area (Å²) < 4.78 is 12.2. The van der Waals surface area contributed by atoms with Crippen LogP contribution in [0.25, 0.3) is 0 Å². The Morgan fingerprint density at radius 2 is 2.32 bits per heavy atom. The molecule has 0 bridgehead atoms. The molecule has 1 fully saturated rings. The van der Waals surface area contributed by atoms with E-state index in [0.717, 1.165) is 4.57 Å². The van der Waals surface area contributed by atoms with E-state index < -0.39 is 41.4 Å². The van der Waals surface area contributed by atoms with Crippen molar-refractivity contribution in [1.29, 1.82) is 0 Å². The number of carbonyl (C=O) groups is 1. The Kier molecular flexibility index (Phi) is 4.61. The number of ether oxygens (including phenoxy) is 2. The molecule has 1 aromatic rings. The van der Waals surface area contributed by atoms with E-state index >= 15 is 0 Å². The summed E-state index contributed by atoms with van der Waals surface area (Å²) in [6.45, 7) is 2.63. The number of hydrogen-bond acceptors (Lipinski definition) is 7. The molecule has 4 N–H and O–H groups in total. The van der Waals surface area contributed by atoms with E-state index in [1.54, 1.807) is 0 Å². The van der Waals surface area contributed by atoms with E-state index in [0.29, 0.717) is 0 Å². The van der Waals surface area contributed by atoms with E-state index in [-0.39, 0.29) is 13.0 Å². The molecule has 3 atom stereocenters. The first kappa shape index (κ1) is 16.6. The molecule has 0 spiro atoms. The first-order valence-electron chi connectivity index (χ1n) is 6.76. The van der Waals surface area contributed by atoms with E-state index in [1.807, 2.05) is 0 Å². The maximum Gasteiger partial charge on any atom is 0.284 e. The van der Waals surface area contributed by atoms with E-state index in [9.17, 15) is 19.8 Å². The van der Waals surface area contributed by atoms with Gasteiger partial charge < -0.3 is 25.4 Å². The molecule has 122 valence electrons. The van der Waals surface area contributed by atoms with E-state index in [1.165, 1.54) is 26.2 Å². The summed E-state index contributed by atoms with van der Waals surface area (Å²) in [6.07, 6.45) is 0.730. The first-order valence-corrected chi connectivity index (χ1v) is 6.76. The van der Waals surface area contributed by atoms with Crippen molar-refractivity contribution in [2.75, 3.05) is 6.61 Å². The van der Waals surface area contributed by atoms with Crippen LogP contribution in [0.4, 0.5) is 0 Å². The van der Waals surface area contributed by atoms with Gasteiger partial charge in [0.1, 0.15) is 6.10 Å². The molecule has 0 aliphatic carbocycles. The smallest absolute Gasteiger partial charge is 0.284 e. The summed E-state index contributed by atoms with van der Waals surface area (Å²) in [5.74, 6) is -2.39. The van der Waals surface area contributed by atoms with Crippen molar-refractivity contribution in [3.63, 3.8) is 0 Å². The minimum atomic E-state index is -1.44. The third-order valence-corrected chi connectivity index (χ3v) is 3.16. The van der Waals surface area contributed by atoms with Gasteiger partial charge >= 0.3 is 0 Å². The lowest BCUT2D eigenvalue weighted by molar-refractivity contribution is -0.223. The number of rotatable bonds is 5. The molecule has 9 nitrogen and oxygen atoms in total. The molecule has 22 heavy (non-hydrogen) atoms. The Hall–Kier alpha value is -1.81. The van der Waals surface area contributed by atoms with Crippen molar-refractivity contribution in [2.45, 2.75) is 44.5 Å². The molecule has 0 unspecified atom stereocenters. The minimum Gasteiger partial charge on any atom is -0.394 e. The lowest BCUT2D eigenvalue weighted by Gasteiger charge is -2.27. The second-order valence-corrected chi connectivity index (χ2v) is 5.52. The average molecular weight is 313 g/mol. The van der Waals surface area contributed by atoms with Gasteiger partial charge in [0.25, 0.3) is 11.5 Å². The van der Waals surface area contributed by atoms with Gasteiger partial charge in [-0.25, -0.2) is 4.98 Å². The summed E-state index contributed by atoms with van der Waals surface area (Å²) in [7, 11) is 0. The third-order valence-electron chi connectivity index (χ3n) is 3.16. The second-order valence-electron chi connectivity index (χ2n) is 5.52. The topological polar surface area (TPSA) is 137 Å². The molecule has 1 aliphatic heterocycles. The summed E-state index contributed by atoms with van der Waals surface area (Å²) in [5, 5.41) is 19.0. The summed E-state index contributed by atoms with van der Waals surface area (Å²) in [5.41, 5.74) is 3.97. The zero-order valence-corrected chi connectivity index (χ0v) is 12.3. The fourth-order valence-electron chi connectivity index (χ4n) is 2.35. The number of amides is 1. The van der Waals surface area contributed by atoms with Gasteiger partial charge in [0.15, 0.2) is 17.7 Å². The molecular formula is C13H19N3O6.